The summed E-state index contributed by atoms with van der Waals surface area (Å²) in [6.07, 6.45) is 3.57. The Morgan fingerprint density at radius 3 is 2.57 bits per heavy atom. The minimum Gasteiger partial charge on any atom is -0.381 e. The van der Waals surface area contributed by atoms with Crippen molar-refractivity contribution in [3.63, 3.8) is 0 Å². The number of rotatable bonds is 3. The van der Waals surface area contributed by atoms with Crippen LogP contribution in [-0.2, 0) is 9.47 Å². The van der Waals surface area contributed by atoms with Crippen LogP contribution in [0.2, 0.25) is 0 Å². The van der Waals surface area contributed by atoms with Crippen molar-refractivity contribution >= 4 is 27.3 Å². The monoisotopic (exact) mass is 356 g/mol. The van der Waals surface area contributed by atoms with Gasteiger partial charge in [-0.3, -0.25) is 10.1 Å². The van der Waals surface area contributed by atoms with Crippen LogP contribution in [0.4, 0.5) is 11.4 Å². The predicted molar refractivity (Wildman–Crippen MR) is 81.3 cm³/mol. The largest absolute Gasteiger partial charge is 0.381 e. The van der Waals surface area contributed by atoms with Crippen LogP contribution in [0.1, 0.15) is 25.7 Å². The molecule has 0 unspecified atom stereocenters. The van der Waals surface area contributed by atoms with Crippen LogP contribution >= 0.6 is 15.9 Å². The summed E-state index contributed by atoms with van der Waals surface area (Å²) in [7, 11) is 0. The topological polar surface area (TPSA) is 73.6 Å². The molecule has 114 valence electrons. The van der Waals surface area contributed by atoms with Crippen molar-refractivity contribution in [3.8, 4) is 0 Å². The number of nitro benzene ring substituents is 1. The summed E-state index contributed by atoms with van der Waals surface area (Å²) in [6.45, 7) is 1.35. The van der Waals surface area contributed by atoms with Crippen molar-refractivity contribution in [2.75, 3.05) is 18.5 Å². The molecular formula is C14H17BrN2O4. The van der Waals surface area contributed by atoms with Crippen molar-refractivity contribution in [3.05, 3.63) is 32.8 Å². The number of nitrogens with one attached hydrogen (secondary N) is 1. The van der Waals surface area contributed by atoms with E-state index in [0.29, 0.717) is 13.2 Å². The van der Waals surface area contributed by atoms with E-state index in [4.69, 9.17) is 9.47 Å². The van der Waals surface area contributed by atoms with Gasteiger partial charge in [0.25, 0.3) is 5.69 Å². The van der Waals surface area contributed by atoms with Crippen LogP contribution in [-0.4, -0.2) is 30.0 Å². The van der Waals surface area contributed by atoms with Crippen LogP contribution < -0.4 is 5.32 Å². The van der Waals surface area contributed by atoms with Gasteiger partial charge in [-0.1, -0.05) is 0 Å². The molecule has 1 spiro atoms. The number of hydrogen-bond acceptors (Lipinski definition) is 5. The van der Waals surface area contributed by atoms with Gasteiger partial charge < -0.3 is 14.8 Å². The van der Waals surface area contributed by atoms with Gasteiger partial charge in [-0.25, -0.2) is 0 Å². The molecule has 1 aliphatic carbocycles. The molecule has 1 saturated carbocycles. The molecule has 2 fully saturated rings. The first-order valence-electron chi connectivity index (χ1n) is 7.06. The van der Waals surface area contributed by atoms with E-state index in [1.54, 1.807) is 12.1 Å². The first-order chi connectivity index (χ1) is 10.1. The fourth-order valence-corrected chi connectivity index (χ4v) is 3.31. The molecule has 0 bridgehead atoms. The molecule has 3 rings (SSSR count). The number of non-ortho nitro benzene ring substituents is 1. The van der Waals surface area contributed by atoms with Gasteiger partial charge in [0.1, 0.15) is 0 Å². The first kappa shape index (κ1) is 14.7. The van der Waals surface area contributed by atoms with E-state index in [0.717, 1.165) is 35.8 Å². The molecule has 0 aromatic heterocycles. The standard InChI is InChI=1S/C14H17BrN2O4/c15-12-2-1-11(17(18)19)9-13(12)16-10-3-5-14(6-4-10)20-7-8-21-14/h1-2,9-10,16H,3-8H2. The van der Waals surface area contributed by atoms with Gasteiger partial charge in [-0.15, -0.1) is 0 Å². The zero-order valence-corrected chi connectivity index (χ0v) is 13.1. The Kier molecular flexibility index (Phi) is 4.14. The Balaban J connectivity index is 1.65. The maximum Gasteiger partial charge on any atom is 0.271 e. The summed E-state index contributed by atoms with van der Waals surface area (Å²) in [5.41, 5.74) is 0.855. The third-order valence-corrected chi connectivity index (χ3v) is 4.77. The molecule has 1 heterocycles. The van der Waals surface area contributed by atoms with Crippen molar-refractivity contribution in [1.82, 2.24) is 0 Å². The minimum absolute atomic E-state index is 0.0930. The molecule has 0 amide bonds. The molecule has 1 N–H and O–H groups in total. The lowest BCUT2D eigenvalue weighted by Gasteiger charge is -2.36. The van der Waals surface area contributed by atoms with Crippen molar-refractivity contribution in [2.45, 2.75) is 37.5 Å². The normalized spacial score (nSPS) is 21.6. The molecule has 0 atom stereocenters. The molecule has 1 aromatic carbocycles. The van der Waals surface area contributed by atoms with E-state index in [9.17, 15) is 10.1 Å². The van der Waals surface area contributed by atoms with E-state index in [-0.39, 0.29) is 22.4 Å². The lowest BCUT2D eigenvalue weighted by Crippen LogP contribution is -2.39. The molecule has 1 saturated heterocycles. The maximum absolute atomic E-state index is 10.9. The third-order valence-electron chi connectivity index (χ3n) is 4.08. The van der Waals surface area contributed by atoms with Crippen LogP contribution in [0.3, 0.4) is 0 Å². The first-order valence-corrected chi connectivity index (χ1v) is 7.86. The number of benzene rings is 1. The number of anilines is 1. The summed E-state index contributed by atoms with van der Waals surface area (Å²) >= 11 is 3.43. The summed E-state index contributed by atoms with van der Waals surface area (Å²) in [5, 5.41) is 14.2. The van der Waals surface area contributed by atoms with Crippen LogP contribution in [0.25, 0.3) is 0 Å². The average Bonchev–Trinajstić information content (AvgIpc) is 2.92. The Morgan fingerprint density at radius 1 is 1.29 bits per heavy atom. The summed E-state index contributed by atoms with van der Waals surface area (Å²) in [6, 6.07) is 5.04. The predicted octanol–water partition coefficient (Wildman–Crippen LogP) is 3.45. The van der Waals surface area contributed by atoms with Crippen LogP contribution in [0, 0.1) is 10.1 Å². The summed E-state index contributed by atoms with van der Waals surface area (Å²) in [4.78, 5) is 10.5. The van der Waals surface area contributed by atoms with E-state index in [1.807, 2.05) is 0 Å². The van der Waals surface area contributed by atoms with Gasteiger partial charge in [0.2, 0.25) is 0 Å². The number of nitro groups is 1. The highest BCUT2D eigenvalue weighted by molar-refractivity contribution is 9.10. The van der Waals surface area contributed by atoms with Gasteiger partial charge in [0.05, 0.1) is 23.8 Å². The highest BCUT2D eigenvalue weighted by Gasteiger charge is 2.40. The Hall–Kier alpha value is -1.18. The average molecular weight is 357 g/mol. The lowest BCUT2D eigenvalue weighted by atomic mass is 9.90. The maximum atomic E-state index is 10.9. The van der Waals surface area contributed by atoms with E-state index >= 15 is 0 Å². The lowest BCUT2D eigenvalue weighted by molar-refractivity contribution is -0.384. The second-order valence-electron chi connectivity index (χ2n) is 5.45. The molecule has 0 radical (unpaired) electrons. The minimum atomic E-state index is -0.381. The second-order valence-corrected chi connectivity index (χ2v) is 6.30. The summed E-state index contributed by atoms with van der Waals surface area (Å²) in [5.74, 6) is -0.377. The number of hydrogen-bond donors (Lipinski definition) is 1. The zero-order valence-electron chi connectivity index (χ0n) is 11.5. The molecular weight excluding hydrogens is 340 g/mol. The van der Waals surface area contributed by atoms with Crippen LogP contribution in [0.15, 0.2) is 22.7 Å². The number of nitrogens with zero attached hydrogens (tertiary/aromatic N) is 1. The fraction of sp³-hybridized carbons (Fsp3) is 0.571. The highest BCUT2D eigenvalue weighted by atomic mass is 79.9. The second kappa shape index (κ2) is 5.90. The molecule has 7 heteroatoms. The summed E-state index contributed by atoms with van der Waals surface area (Å²) < 4.78 is 12.2. The zero-order chi connectivity index (χ0) is 14.9. The molecule has 1 aliphatic heterocycles. The number of ether oxygens (including phenoxy) is 2. The Labute approximate surface area is 131 Å². The quantitative estimate of drug-likeness (QED) is 0.663. The highest BCUT2D eigenvalue weighted by Crippen LogP contribution is 2.37. The Bertz CT molecular complexity index is 536. The van der Waals surface area contributed by atoms with Gasteiger partial charge in [-0.2, -0.15) is 0 Å². The van der Waals surface area contributed by atoms with Crippen molar-refractivity contribution in [1.29, 1.82) is 0 Å². The van der Waals surface area contributed by atoms with Crippen LogP contribution in [0.5, 0.6) is 0 Å². The van der Waals surface area contributed by atoms with E-state index in [1.165, 1.54) is 6.07 Å². The van der Waals surface area contributed by atoms with Gasteiger partial charge >= 0.3 is 0 Å². The smallest absolute Gasteiger partial charge is 0.271 e. The molecule has 21 heavy (non-hydrogen) atoms. The third kappa shape index (κ3) is 3.20. The van der Waals surface area contributed by atoms with Gasteiger partial charge in [0, 0.05) is 35.5 Å². The molecule has 2 aliphatic rings. The SMILES string of the molecule is O=[N+]([O-])c1ccc(Br)c(NC2CCC3(CC2)OCCO3)c1. The molecule has 1 aromatic rings. The van der Waals surface area contributed by atoms with Crippen molar-refractivity contribution in [2.24, 2.45) is 0 Å². The van der Waals surface area contributed by atoms with E-state index < -0.39 is 0 Å². The van der Waals surface area contributed by atoms with E-state index in [2.05, 4.69) is 21.2 Å². The number of halogens is 1. The fourth-order valence-electron chi connectivity index (χ4n) is 2.94. The van der Waals surface area contributed by atoms with Gasteiger partial charge in [-0.05, 0) is 34.8 Å². The van der Waals surface area contributed by atoms with Gasteiger partial charge in [0.15, 0.2) is 5.79 Å². The molecule has 6 nitrogen and oxygen atoms in total. The van der Waals surface area contributed by atoms with Crippen molar-refractivity contribution < 1.29 is 14.4 Å². The Morgan fingerprint density at radius 2 is 1.95 bits per heavy atom.